The zero-order valence-corrected chi connectivity index (χ0v) is 26.8. The number of nitrogens with two attached hydrogens (primary N) is 3. The number of carbonyl (C=O) groups excluding carboxylic acids is 3. The number of nitrogen functional groups attached to an aromatic ring is 1. The summed E-state index contributed by atoms with van der Waals surface area (Å²) in [4.78, 5) is 78.0. The summed E-state index contributed by atoms with van der Waals surface area (Å²) in [5.41, 5.74) is 14.9. The molecule has 20 nitrogen and oxygen atoms in total. The van der Waals surface area contributed by atoms with Crippen molar-refractivity contribution in [3.63, 3.8) is 0 Å². The maximum Gasteiger partial charge on any atom is 0.352 e. The zero-order valence-electron chi connectivity index (χ0n) is 25.1. The molecule has 0 aliphatic carbocycles. The molecule has 0 aromatic carbocycles. The summed E-state index contributed by atoms with van der Waals surface area (Å²) in [6.07, 6.45) is 1.27. The average molecular weight is 683 g/mol. The number of carboxylic acid groups (broad SMARTS) is 2. The van der Waals surface area contributed by atoms with E-state index in [4.69, 9.17) is 22.0 Å². The molecule has 1 aromatic heterocycles. The first-order valence-electron chi connectivity index (χ1n) is 13.3. The minimum Gasteiger partial charge on any atom is -0.478 e. The zero-order chi connectivity index (χ0) is 34.3. The predicted molar refractivity (Wildman–Crippen MR) is 167 cm³/mol. The summed E-state index contributed by atoms with van der Waals surface area (Å²) in [6, 6.07) is -1.74. The van der Waals surface area contributed by atoms with E-state index in [1.165, 1.54) is 36.7 Å². The number of allylic oxidation sites excluding steroid dienone is 1. The Kier molecular flexibility index (Phi) is 11.5. The minimum atomic E-state index is -1.82. The second-order valence-corrected chi connectivity index (χ2v) is 12.1. The van der Waals surface area contributed by atoms with Crippen LogP contribution < -0.4 is 33.2 Å². The number of anilines is 1. The maximum absolute atomic E-state index is 13.2. The van der Waals surface area contributed by atoms with Crippen LogP contribution in [-0.2, 0) is 24.0 Å². The van der Waals surface area contributed by atoms with E-state index in [0.717, 1.165) is 16.4 Å². The van der Waals surface area contributed by atoms with Gasteiger partial charge in [0.1, 0.15) is 28.6 Å². The first-order chi connectivity index (χ1) is 21.6. The molecular formula is C24H34N12O8S2. The highest BCUT2D eigenvalue weighted by Crippen LogP contribution is 2.40. The van der Waals surface area contributed by atoms with Gasteiger partial charge in [-0.25, -0.2) is 14.4 Å². The van der Waals surface area contributed by atoms with Crippen molar-refractivity contribution in [1.29, 1.82) is 0 Å². The number of oxime groups is 1. The first-order valence-corrected chi connectivity index (χ1v) is 15.1. The number of nitrogens with zero attached hydrogens (tertiary/aromatic N) is 6. The number of aromatic nitrogens is 2. The normalized spacial score (nSPS) is 18.8. The molecule has 0 unspecified atom stereocenters. The van der Waals surface area contributed by atoms with Crippen molar-refractivity contribution in [2.75, 3.05) is 45.2 Å². The van der Waals surface area contributed by atoms with Gasteiger partial charge in [-0.3, -0.25) is 19.5 Å². The summed E-state index contributed by atoms with van der Waals surface area (Å²) in [6.45, 7) is 2.70. The fraction of sp³-hybridized carbons (Fsp3) is 0.458. The van der Waals surface area contributed by atoms with Crippen molar-refractivity contribution >= 4 is 70.1 Å². The topological polar surface area (TPSA) is 306 Å². The highest BCUT2D eigenvalue weighted by molar-refractivity contribution is 8.00. The van der Waals surface area contributed by atoms with Gasteiger partial charge in [0.05, 0.1) is 6.54 Å². The Morgan fingerprint density at radius 3 is 2.52 bits per heavy atom. The number of aliphatic imine (C=N–C) groups is 1. The van der Waals surface area contributed by atoms with Gasteiger partial charge in [0.2, 0.25) is 17.1 Å². The number of amides is 4. The second kappa shape index (κ2) is 14.9. The summed E-state index contributed by atoms with van der Waals surface area (Å²) < 4.78 is 3.91. The van der Waals surface area contributed by atoms with Gasteiger partial charge in [-0.1, -0.05) is 5.16 Å². The Labute approximate surface area is 270 Å². The Hall–Kier alpha value is -4.96. The average Bonchev–Trinajstić information content (AvgIpc) is 3.42. The number of β-lactam (4-membered cyclic amide) rings is 1. The third kappa shape index (κ3) is 8.19. The van der Waals surface area contributed by atoms with Gasteiger partial charge in [0.25, 0.3) is 11.8 Å². The van der Waals surface area contributed by atoms with Crippen LogP contribution >= 0.6 is 23.3 Å². The number of rotatable bonds is 14. The largest absolute Gasteiger partial charge is 0.478 e. The molecule has 1 fully saturated rings. The summed E-state index contributed by atoms with van der Waals surface area (Å²) in [7, 11) is 3.30. The molecule has 22 heteroatoms. The van der Waals surface area contributed by atoms with Crippen molar-refractivity contribution in [2.24, 2.45) is 21.6 Å². The Morgan fingerprint density at radius 1 is 1.26 bits per heavy atom. The van der Waals surface area contributed by atoms with Gasteiger partial charge in [-0.15, -0.1) is 11.8 Å². The first kappa shape index (κ1) is 35.5. The molecule has 0 spiro atoms. The molecular weight excluding hydrogens is 648 g/mol. The summed E-state index contributed by atoms with van der Waals surface area (Å²) >= 11 is 1.93. The monoisotopic (exact) mass is 682 g/mol. The highest BCUT2D eigenvalue weighted by atomic mass is 32.2. The number of aliphatic carboxylic acids is 2. The fourth-order valence-corrected chi connectivity index (χ4v) is 5.50. The molecule has 4 amide bonds. The minimum absolute atomic E-state index is 0.00851. The summed E-state index contributed by atoms with van der Waals surface area (Å²) in [5.74, 6) is -4.41. The van der Waals surface area contributed by atoms with Gasteiger partial charge in [0.15, 0.2) is 5.13 Å². The van der Waals surface area contributed by atoms with Crippen LogP contribution in [0.15, 0.2) is 32.9 Å². The molecule has 2 atom stereocenters. The third-order valence-corrected chi connectivity index (χ3v) is 8.11. The van der Waals surface area contributed by atoms with E-state index in [2.05, 4.69) is 35.5 Å². The Morgan fingerprint density at radius 2 is 1.96 bits per heavy atom. The fourth-order valence-electron chi connectivity index (χ4n) is 3.73. The van der Waals surface area contributed by atoms with E-state index in [1.54, 1.807) is 14.1 Å². The van der Waals surface area contributed by atoms with Crippen LogP contribution in [0.5, 0.6) is 0 Å². The van der Waals surface area contributed by atoms with Crippen LogP contribution in [0.25, 0.3) is 0 Å². The van der Waals surface area contributed by atoms with Crippen molar-refractivity contribution in [3.05, 3.63) is 28.6 Å². The van der Waals surface area contributed by atoms with E-state index in [-0.39, 0.29) is 53.6 Å². The lowest BCUT2D eigenvalue weighted by molar-refractivity contribution is -0.161. The number of nitrogens with one attached hydrogen (secondary N) is 3. The van der Waals surface area contributed by atoms with E-state index >= 15 is 0 Å². The number of thioether (sulfide) groups is 1. The molecule has 250 valence electrons. The van der Waals surface area contributed by atoms with E-state index in [1.807, 2.05) is 0 Å². The van der Waals surface area contributed by atoms with Crippen LogP contribution in [0.2, 0.25) is 0 Å². The third-order valence-electron chi connectivity index (χ3n) is 6.22. The molecule has 3 rings (SSSR count). The molecule has 0 bridgehead atoms. The number of hydrogen-bond donors (Lipinski definition) is 8. The van der Waals surface area contributed by atoms with Gasteiger partial charge >= 0.3 is 18.0 Å². The SMILES string of the molecule is CN(C)/C(N)=C(\C=N\CC1=C(C(=O)O)N2C(=O)[C@@H](NC(=O)/C(=N\OC(C)(C)C(=O)O)c3nsc(N)n3)[C@H]2SC1)NC(=O)NCCN. The number of hydrogen-bond acceptors (Lipinski definition) is 16. The predicted octanol–water partition coefficient (Wildman–Crippen LogP) is -2.54. The van der Waals surface area contributed by atoms with E-state index < -0.39 is 52.5 Å². The lowest BCUT2D eigenvalue weighted by Gasteiger charge is -2.49. The van der Waals surface area contributed by atoms with Crippen molar-refractivity contribution in [1.82, 2.24) is 35.1 Å². The van der Waals surface area contributed by atoms with Crippen molar-refractivity contribution < 1.29 is 39.0 Å². The molecule has 3 heterocycles. The molecule has 2 aliphatic rings. The number of urea groups is 1. The summed E-state index contributed by atoms with van der Waals surface area (Å²) in [5, 5.41) is 29.7. The van der Waals surface area contributed by atoms with Crippen LogP contribution in [0.1, 0.15) is 19.7 Å². The van der Waals surface area contributed by atoms with Crippen LogP contribution in [0.4, 0.5) is 9.93 Å². The van der Waals surface area contributed by atoms with Crippen molar-refractivity contribution in [3.8, 4) is 0 Å². The maximum atomic E-state index is 13.2. The Balaban J connectivity index is 1.80. The molecule has 0 saturated carbocycles. The molecule has 11 N–H and O–H groups in total. The van der Waals surface area contributed by atoms with Gasteiger partial charge < -0.3 is 53.1 Å². The van der Waals surface area contributed by atoms with E-state index in [9.17, 15) is 34.2 Å². The highest BCUT2D eigenvalue weighted by Gasteiger charge is 2.54. The number of carboxylic acids is 2. The van der Waals surface area contributed by atoms with Crippen LogP contribution in [0, 0.1) is 0 Å². The Bertz CT molecular complexity index is 1520. The molecule has 46 heavy (non-hydrogen) atoms. The lowest BCUT2D eigenvalue weighted by atomic mass is 10.0. The quantitative estimate of drug-likeness (QED) is 0.0569. The van der Waals surface area contributed by atoms with Crippen LogP contribution in [0.3, 0.4) is 0 Å². The van der Waals surface area contributed by atoms with E-state index in [0.29, 0.717) is 5.57 Å². The molecule has 0 radical (unpaired) electrons. The lowest BCUT2D eigenvalue weighted by Crippen LogP contribution is -2.71. The molecule has 1 aromatic rings. The molecule has 1 saturated heterocycles. The van der Waals surface area contributed by atoms with Gasteiger partial charge in [-0.2, -0.15) is 9.36 Å². The van der Waals surface area contributed by atoms with Gasteiger partial charge in [0, 0.05) is 50.7 Å². The van der Waals surface area contributed by atoms with Crippen LogP contribution in [-0.4, -0.2) is 128 Å². The van der Waals surface area contributed by atoms with Crippen molar-refractivity contribution in [2.45, 2.75) is 30.9 Å². The number of fused-ring (bicyclic) bond motifs is 1. The second-order valence-electron chi connectivity index (χ2n) is 10.3. The number of carbonyl (C=O) groups is 5. The van der Waals surface area contributed by atoms with Gasteiger partial charge in [-0.05, 0) is 19.4 Å². The standard InChI is InChI=1S/C24H34N12O8S2/c1-24(2,21(41)42)44-33-12(16-32-22(27)46-34-16)17(37)31-13-18(38)36-14(20(39)40)10(9-45-19(13)36)7-28-8-11(15(26)35(3)4)30-23(43)29-6-5-25/h8,13,19H,5-7,9,25-26H2,1-4H3,(H,31,37)(H,39,40)(H,41,42)(H2,27,32,34)(H2,29,30,43)/b15-11+,28-8+,33-12-/t13-,19-/m1/s1. The molecule has 2 aliphatic heterocycles. The smallest absolute Gasteiger partial charge is 0.352 e.